The van der Waals surface area contributed by atoms with Gasteiger partial charge in [0.2, 0.25) is 0 Å². The lowest BCUT2D eigenvalue weighted by atomic mass is 10.1. The van der Waals surface area contributed by atoms with Crippen LogP contribution in [0.15, 0.2) is 6.33 Å². The average Bonchev–Trinajstić information content (AvgIpc) is 2.88. The predicted octanol–water partition coefficient (Wildman–Crippen LogP) is 1.79. The highest BCUT2D eigenvalue weighted by molar-refractivity contribution is 7.81. The van der Waals surface area contributed by atoms with Crippen LogP contribution in [0.25, 0.3) is 11.0 Å². The predicted molar refractivity (Wildman–Crippen MR) is 100 cm³/mol. The molecule has 0 amide bonds. The van der Waals surface area contributed by atoms with Crippen LogP contribution in [-0.4, -0.2) is 47.6 Å². The van der Waals surface area contributed by atoms with Crippen molar-refractivity contribution in [3.63, 3.8) is 0 Å². The van der Waals surface area contributed by atoms with E-state index in [2.05, 4.69) is 15.1 Å². The largest absolute Gasteiger partial charge is 0.383 e. The van der Waals surface area contributed by atoms with Crippen LogP contribution in [-0.2, 0) is 11.0 Å². The van der Waals surface area contributed by atoms with Gasteiger partial charge in [0.1, 0.15) is 12.1 Å². The van der Waals surface area contributed by atoms with E-state index in [-0.39, 0.29) is 19.5 Å². The van der Waals surface area contributed by atoms with E-state index in [0.29, 0.717) is 5.82 Å². The number of aromatic nitrogens is 4. The van der Waals surface area contributed by atoms with Crippen LogP contribution in [0, 0.1) is 6.92 Å². The minimum atomic E-state index is -0.891. The van der Waals surface area contributed by atoms with Gasteiger partial charge in [-0.1, -0.05) is 13.8 Å². The SMILES string of the molecule is CC.Cc1nn(C2CCN(S(C)=O)CC2)c2ncnc(N)c12.S. The summed E-state index contributed by atoms with van der Waals surface area (Å²) in [5.41, 5.74) is 7.57. The number of nitrogen functional groups attached to an aromatic ring is 1. The first kappa shape index (κ1) is 19.9. The number of nitrogens with two attached hydrogens (primary N) is 1. The van der Waals surface area contributed by atoms with E-state index in [4.69, 9.17) is 5.73 Å². The molecule has 130 valence electrons. The Labute approximate surface area is 146 Å². The van der Waals surface area contributed by atoms with E-state index in [1.165, 1.54) is 6.33 Å². The molecule has 1 unspecified atom stereocenters. The Morgan fingerprint density at radius 3 is 2.43 bits per heavy atom. The van der Waals surface area contributed by atoms with Crippen molar-refractivity contribution in [3.05, 3.63) is 12.0 Å². The molecule has 3 rings (SSSR count). The first-order valence-electron chi connectivity index (χ1n) is 7.61. The molecule has 0 bridgehead atoms. The van der Waals surface area contributed by atoms with Gasteiger partial charge in [0.15, 0.2) is 5.65 Å². The van der Waals surface area contributed by atoms with Gasteiger partial charge in [-0.25, -0.2) is 23.2 Å². The zero-order chi connectivity index (χ0) is 16.3. The molecule has 1 atom stereocenters. The first-order chi connectivity index (χ1) is 10.6. The monoisotopic (exact) mass is 358 g/mol. The molecule has 1 aliphatic heterocycles. The highest BCUT2D eigenvalue weighted by atomic mass is 32.2. The molecule has 0 radical (unpaired) electrons. The molecule has 1 fully saturated rings. The highest BCUT2D eigenvalue weighted by Crippen LogP contribution is 2.28. The van der Waals surface area contributed by atoms with Gasteiger partial charge in [-0.05, 0) is 19.8 Å². The molecule has 7 nitrogen and oxygen atoms in total. The van der Waals surface area contributed by atoms with Crippen LogP contribution in [0.5, 0.6) is 0 Å². The summed E-state index contributed by atoms with van der Waals surface area (Å²) < 4.78 is 15.4. The second kappa shape index (κ2) is 8.60. The van der Waals surface area contributed by atoms with Gasteiger partial charge in [-0.3, -0.25) is 0 Å². The summed E-state index contributed by atoms with van der Waals surface area (Å²) >= 11 is 0. The van der Waals surface area contributed by atoms with Gasteiger partial charge in [0.05, 0.1) is 28.1 Å². The lowest BCUT2D eigenvalue weighted by Crippen LogP contribution is -2.35. The van der Waals surface area contributed by atoms with Crippen molar-refractivity contribution in [3.8, 4) is 0 Å². The number of aryl methyl sites for hydroxylation is 1. The van der Waals surface area contributed by atoms with Crippen molar-refractivity contribution in [2.75, 3.05) is 25.1 Å². The lowest BCUT2D eigenvalue weighted by molar-refractivity contribution is 0.273. The Balaban J connectivity index is 0.000000849. The summed E-state index contributed by atoms with van der Waals surface area (Å²) in [7, 11) is -0.891. The number of nitrogens with zero attached hydrogens (tertiary/aromatic N) is 5. The summed E-state index contributed by atoms with van der Waals surface area (Å²) in [5, 5.41) is 5.43. The molecule has 0 aliphatic carbocycles. The molecular weight excluding hydrogens is 332 g/mol. The second-order valence-electron chi connectivity index (χ2n) is 5.07. The van der Waals surface area contributed by atoms with Gasteiger partial charge < -0.3 is 5.73 Å². The van der Waals surface area contributed by atoms with E-state index in [9.17, 15) is 4.21 Å². The van der Waals surface area contributed by atoms with Crippen molar-refractivity contribution >= 4 is 41.3 Å². The molecule has 9 heteroatoms. The second-order valence-corrected chi connectivity index (χ2v) is 6.44. The van der Waals surface area contributed by atoms with Crippen LogP contribution in [0.1, 0.15) is 38.4 Å². The van der Waals surface area contributed by atoms with E-state index >= 15 is 0 Å². The van der Waals surface area contributed by atoms with Crippen molar-refractivity contribution < 1.29 is 4.21 Å². The summed E-state index contributed by atoms with van der Waals surface area (Å²) in [6.07, 6.45) is 5.03. The zero-order valence-corrected chi connectivity index (χ0v) is 15.9. The molecule has 1 saturated heterocycles. The van der Waals surface area contributed by atoms with Crippen molar-refractivity contribution in [1.82, 2.24) is 24.1 Å². The highest BCUT2D eigenvalue weighted by Gasteiger charge is 2.25. The summed E-state index contributed by atoms with van der Waals surface area (Å²) in [5.74, 6) is 0.478. The number of hydrogen-bond donors (Lipinski definition) is 1. The molecule has 23 heavy (non-hydrogen) atoms. The van der Waals surface area contributed by atoms with Crippen LogP contribution in [0.4, 0.5) is 5.82 Å². The maximum atomic E-state index is 11.5. The fourth-order valence-corrected chi connectivity index (χ4v) is 3.49. The maximum absolute atomic E-state index is 11.5. The minimum absolute atomic E-state index is 0. The Kier molecular flexibility index (Phi) is 7.43. The number of anilines is 1. The van der Waals surface area contributed by atoms with E-state index in [0.717, 1.165) is 42.7 Å². The molecule has 3 heterocycles. The summed E-state index contributed by atoms with van der Waals surface area (Å²) in [6.45, 7) is 7.55. The van der Waals surface area contributed by atoms with Crippen LogP contribution in [0.3, 0.4) is 0 Å². The molecule has 2 N–H and O–H groups in total. The van der Waals surface area contributed by atoms with Gasteiger partial charge >= 0.3 is 0 Å². The smallest absolute Gasteiger partial charge is 0.163 e. The fourth-order valence-electron chi connectivity index (χ4n) is 2.77. The molecule has 1 aliphatic rings. The number of rotatable bonds is 2. The van der Waals surface area contributed by atoms with Gasteiger partial charge in [0, 0.05) is 19.3 Å². The van der Waals surface area contributed by atoms with Crippen molar-refractivity contribution in [1.29, 1.82) is 0 Å². The third-order valence-electron chi connectivity index (χ3n) is 3.83. The average molecular weight is 359 g/mol. The Bertz CT molecular complexity index is 667. The van der Waals surface area contributed by atoms with E-state index < -0.39 is 11.0 Å². The third-order valence-corrected chi connectivity index (χ3v) is 4.92. The maximum Gasteiger partial charge on any atom is 0.163 e. The van der Waals surface area contributed by atoms with Crippen LogP contribution < -0.4 is 5.73 Å². The quantitative estimate of drug-likeness (QED) is 0.884. The van der Waals surface area contributed by atoms with Crippen LogP contribution in [0.2, 0.25) is 0 Å². The van der Waals surface area contributed by atoms with Crippen molar-refractivity contribution in [2.45, 2.75) is 39.7 Å². The zero-order valence-electron chi connectivity index (χ0n) is 14.1. The number of piperidine rings is 1. The standard InChI is InChI=1S/C12H18N6OS.C2H6.H2S/c1-8-10-11(13)14-7-15-12(10)18(16-8)9-3-5-17(6-4-9)20(2)19;1-2;/h7,9H,3-6H2,1-2H3,(H2,13,14,15);1-2H3;1H2. The number of hydrogen-bond acceptors (Lipinski definition) is 5. The minimum Gasteiger partial charge on any atom is -0.383 e. The molecule has 0 spiro atoms. The lowest BCUT2D eigenvalue weighted by Gasteiger charge is -2.30. The Morgan fingerprint density at radius 1 is 1.26 bits per heavy atom. The Morgan fingerprint density at radius 2 is 1.87 bits per heavy atom. The van der Waals surface area contributed by atoms with E-state index in [1.54, 1.807) is 6.26 Å². The van der Waals surface area contributed by atoms with Gasteiger partial charge in [-0.2, -0.15) is 18.6 Å². The first-order valence-corrected chi connectivity index (χ1v) is 9.13. The molecule has 0 saturated carbocycles. The topological polar surface area (TPSA) is 89.9 Å². The fraction of sp³-hybridized carbons (Fsp3) is 0.643. The molecule has 0 aromatic carbocycles. The normalized spacial score (nSPS) is 17.2. The van der Waals surface area contributed by atoms with Gasteiger partial charge in [-0.15, -0.1) is 0 Å². The number of fused-ring (bicyclic) bond motifs is 1. The van der Waals surface area contributed by atoms with Gasteiger partial charge in [0.25, 0.3) is 0 Å². The summed E-state index contributed by atoms with van der Waals surface area (Å²) in [6, 6.07) is 0.278. The third kappa shape index (κ3) is 4.02. The molecular formula is C14H26N6OS2. The van der Waals surface area contributed by atoms with Crippen molar-refractivity contribution in [2.24, 2.45) is 0 Å². The van der Waals surface area contributed by atoms with Crippen LogP contribution >= 0.6 is 13.5 Å². The Hall–Kier alpha value is -1.19. The summed E-state index contributed by atoms with van der Waals surface area (Å²) in [4.78, 5) is 8.35. The van der Waals surface area contributed by atoms with E-state index in [1.807, 2.05) is 29.8 Å². The molecule has 2 aromatic heterocycles. The molecule has 2 aromatic rings.